The van der Waals surface area contributed by atoms with Crippen LogP contribution >= 0.6 is 0 Å². The van der Waals surface area contributed by atoms with Gasteiger partial charge in [-0.25, -0.2) is 0 Å². The van der Waals surface area contributed by atoms with Crippen LogP contribution < -0.4 is 5.32 Å². The molecular formula is C16H25NO2. The first-order valence-corrected chi connectivity index (χ1v) is 7.25. The van der Waals surface area contributed by atoms with Crippen molar-refractivity contribution in [2.24, 2.45) is 0 Å². The third kappa shape index (κ3) is 4.60. The van der Waals surface area contributed by atoms with Crippen LogP contribution in [0.25, 0.3) is 0 Å². The summed E-state index contributed by atoms with van der Waals surface area (Å²) in [5.41, 5.74) is 1.28. The Morgan fingerprint density at radius 1 is 1.21 bits per heavy atom. The van der Waals surface area contributed by atoms with Gasteiger partial charge in [-0.1, -0.05) is 30.3 Å². The molecule has 1 aliphatic rings. The van der Waals surface area contributed by atoms with Gasteiger partial charge >= 0.3 is 0 Å². The fraction of sp³-hybridized carbons (Fsp3) is 0.625. The molecule has 2 N–H and O–H groups in total. The van der Waals surface area contributed by atoms with Crippen LogP contribution in [-0.4, -0.2) is 37.0 Å². The van der Waals surface area contributed by atoms with E-state index in [1.807, 2.05) is 18.2 Å². The Labute approximate surface area is 116 Å². The average molecular weight is 263 g/mol. The van der Waals surface area contributed by atoms with Gasteiger partial charge in [-0.2, -0.15) is 0 Å². The summed E-state index contributed by atoms with van der Waals surface area (Å²) < 4.78 is 5.39. The minimum absolute atomic E-state index is 0.159. The van der Waals surface area contributed by atoms with Gasteiger partial charge in [-0.3, -0.25) is 0 Å². The highest BCUT2D eigenvalue weighted by Crippen LogP contribution is 2.21. The highest BCUT2D eigenvalue weighted by Gasteiger charge is 2.22. The zero-order valence-corrected chi connectivity index (χ0v) is 11.7. The Bertz CT molecular complexity index is 347. The summed E-state index contributed by atoms with van der Waals surface area (Å²) in [5.74, 6) is 0. The van der Waals surface area contributed by atoms with E-state index in [1.54, 1.807) is 7.11 Å². The third-order valence-corrected chi connectivity index (χ3v) is 4.02. The minimum Gasteiger partial charge on any atom is -0.395 e. The van der Waals surface area contributed by atoms with Gasteiger partial charge in [0.25, 0.3) is 0 Å². The fourth-order valence-electron chi connectivity index (χ4n) is 2.87. The molecule has 0 aromatic heterocycles. The van der Waals surface area contributed by atoms with Crippen molar-refractivity contribution in [3.8, 4) is 0 Å². The summed E-state index contributed by atoms with van der Waals surface area (Å²) in [5, 5.41) is 13.1. The number of hydrogen-bond donors (Lipinski definition) is 2. The molecule has 1 saturated carbocycles. The first kappa shape index (κ1) is 14.5. The number of ether oxygens (including phenoxy) is 1. The van der Waals surface area contributed by atoms with Gasteiger partial charge in [0, 0.05) is 19.2 Å². The SMILES string of the molecule is COC1CCC(N[C@@H](CO)Cc2ccccc2)CC1. The first-order valence-electron chi connectivity index (χ1n) is 7.25. The lowest BCUT2D eigenvalue weighted by molar-refractivity contribution is 0.0597. The first-order chi connectivity index (χ1) is 9.31. The predicted octanol–water partition coefficient (Wildman–Crippen LogP) is 2.14. The summed E-state index contributed by atoms with van der Waals surface area (Å²) in [7, 11) is 1.80. The van der Waals surface area contributed by atoms with Crippen molar-refractivity contribution in [3.05, 3.63) is 35.9 Å². The van der Waals surface area contributed by atoms with Gasteiger partial charge in [-0.15, -0.1) is 0 Å². The van der Waals surface area contributed by atoms with Gasteiger partial charge in [0.1, 0.15) is 0 Å². The van der Waals surface area contributed by atoms with Crippen molar-refractivity contribution in [3.63, 3.8) is 0 Å². The third-order valence-electron chi connectivity index (χ3n) is 4.02. The van der Waals surface area contributed by atoms with Crippen molar-refractivity contribution < 1.29 is 9.84 Å². The largest absolute Gasteiger partial charge is 0.395 e. The summed E-state index contributed by atoms with van der Waals surface area (Å²) in [4.78, 5) is 0. The molecule has 19 heavy (non-hydrogen) atoms. The molecule has 0 amide bonds. The van der Waals surface area contributed by atoms with E-state index in [4.69, 9.17) is 4.74 Å². The maximum Gasteiger partial charge on any atom is 0.0587 e. The van der Waals surface area contributed by atoms with E-state index in [9.17, 15) is 5.11 Å². The molecule has 3 nitrogen and oxygen atoms in total. The quantitative estimate of drug-likeness (QED) is 0.826. The van der Waals surface area contributed by atoms with Crippen LogP contribution in [0.1, 0.15) is 31.2 Å². The average Bonchev–Trinajstić information content (AvgIpc) is 2.48. The standard InChI is InChI=1S/C16H25NO2/c1-19-16-9-7-14(8-10-16)17-15(12-18)11-13-5-3-2-4-6-13/h2-6,14-18H,7-12H2,1H3/t14?,15-,16?/m1/s1. The van der Waals surface area contributed by atoms with Crippen LogP contribution in [0.3, 0.4) is 0 Å². The van der Waals surface area contributed by atoms with Crippen LogP contribution in [0.5, 0.6) is 0 Å². The molecule has 0 heterocycles. The Balaban J connectivity index is 1.79. The van der Waals surface area contributed by atoms with Crippen LogP contribution in [-0.2, 0) is 11.2 Å². The Morgan fingerprint density at radius 2 is 1.89 bits per heavy atom. The topological polar surface area (TPSA) is 41.5 Å². The van der Waals surface area contributed by atoms with Gasteiger partial charge in [-0.05, 0) is 37.7 Å². The molecule has 0 unspecified atom stereocenters. The van der Waals surface area contributed by atoms with Gasteiger partial charge < -0.3 is 15.2 Å². The number of aliphatic hydroxyl groups excluding tert-OH is 1. The van der Waals surface area contributed by atoms with Crippen molar-refractivity contribution in [2.75, 3.05) is 13.7 Å². The maximum atomic E-state index is 9.53. The van der Waals surface area contributed by atoms with Crippen molar-refractivity contribution in [2.45, 2.75) is 50.3 Å². The molecule has 0 spiro atoms. The number of benzene rings is 1. The number of aliphatic hydroxyl groups is 1. The second-order valence-electron chi connectivity index (χ2n) is 5.45. The van der Waals surface area contributed by atoms with E-state index >= 15 is 0 Å². The molecule has 1 atom stereocenters. The van der Waals surface area contributed by atoms with Crippen molar-refractivity contribution >= 4 is 0 Å². The second kappa shape index (κ2) is 7.63. The molecule has 0 aliphatic heterocycles. The van der Waals surface area contributed by atoms with E-state index in [1.165, 1.54) is 5.56 Å². The molecule has 0 radical (unpaired) electrons. The maximum absolute atomic E-state index is 9.53. The lowest BCUT2D eigenvalue weighted by atomic mass is 9.92. The fourth-order valence-corrected chi connectivity index (χ4v) is 2.87. The summed E-state index contributed by atoms with van der Waals surface area (Å²) in [6.07, 6.45) is 5.85. The summed E-state index contributed by atoms with van der Waals surface area (Å²) in [6, 6.07) is 11.0. The number of nitrogens with one attached hydrogen (secondary N) is 1. The molecule has 106 valence electrons. The molecule has 1 aromatic rings. The van der Waals surface area contributed by atoms with Gasteiger partial charge in [0.2, 0.25) is 0 Å². The van der Waals surface area contributed by atoms with E-state index in [-0.39, 0.29) is 12.6 Å². The van der Waals surface area contributed by atoms with E-state index in [2.05, 4.69) is 17.4 Å². The molecule has 0 bridgehead atoms. The van der Waals surface area contributed by atoms with E-state index in [0.29, 0.717) is 12.1 Å². The minimum atomic E-state index is 0.159. The van der Waals surface area contributed by atoms with E-state index in [0.717, 1.165) is 32.1 Å². The van der Waals surface area contributed by atoms with Gasteiger partial charge in [0.15, 0.2) is 0 Å². The van der Waals surface area contributed by atoms with Crippen molar-refractivity contribution in [1.82, 2.24) is 5.32 Å². The molecule has 1 aliphatic carbocycles. The van der Waals surface area contributed by atoms with Crippen LogP contribution in [0.15, 0.2) is 30.3 Å². The smallest absolute Gasteiger partial charge is 0.0587 e. The number of hydrogen-bond acceptors (Lipinski definition) is 3. The lowest BCUT2D eigenvalue weighted by Gasteiger charge is -2.31. The highest BCUT2D eigenvalue weighted by atomic mass is 16.5. The molecule has 1 aromatic carbocycles. The predicted molar refractivity (Wildman–Crippen MR) is 77.2 cm³/mol. The van der Waals surface area contributed by atoms with E-state index < -0.39 is 0 Å². The molecular weight excluding hydrogens is 238 g/mol. The molecule has 3 heteroatoms. The zero-order valence-electron chi connectivity index (χ0n) is 11.7. The number of methoxy groups -OCH3 is 1. The Morgan fingerprint density at radius 3 is 2.47 bits per heavy atom. The summed E-state index contributed by atoms with van der Waals surface area (Å²) >= 11 is 0. The molecule has 2 rings (SSSR count). The Hall–Kier alpha value is -0.900. The second-order valence-corrected chi connectivity index (χ2v) is 5.45. The summed E-state index contributed by atoms with van der Waals surface area (Å²) in [6.45, 7) is 0.194. The molecule has 1 fully saturated rings. The molecule has 0 saturated heterocycles. The number of rotatable bonds is 6. The normalized spacial score (nSPS) is 25.2. The van der Waals surface area contributed by atoms with Gasteiger partial charge in [0.05, 0.1) is 12.7 Å². The van der Waals surface area contributed by atoms with Crippen molar-refractivity contribution in [1.29, 1.82) is 0 Å². The lowest BCUT2D eigenvalue weighted by Crippen LogP contribution is -2.44. The zero-order chi connectivity index (χ0) is 13.5. The van der Waals surface area contributed by atoms with Crippen LogP contribution in [0.2, 0.25) is 0 Å². The van der Waals surface area contributed by atoms with Crippen LogP contribution in [0, 0.1) is 0 Å². The monoisotopic (exact) mass is 263 g/mol. The Kier molecular flexibility index (Phi) is 5.83. The van der Waals surface area contributed by atoms with Crippen LogP contribution in [0.4, 0.5) is 0 Å². The highest BCUT2D eigenvalue weighted by molar-refractivity contribution is 5.16.